The van der Waals surface area contributed by atoms with Gasteiger partial charge >= 0.3 is 5.97 Å². The highest BCUT2D eigenvalue weighted by molar-refractivity contribution is 7.11. The Bertz CT molecular complexity index is 555. The fraction of sp³-hybridized carbons (Fsp3) is 0.643. The number of aromatic carboxylic acids is 1. The highest BCUT2D eigenvalue weighted by Crippen LogP contribution is 2.49. The third-order valence-electron chi connectivity index (χ3n) is 4.66. The Morgan fingerprint density at radius 1 is 1.40 bits per heavy atom. The number of carbonyl (C=O) groups is 2. The average Bonchev–Trinajstić information content (AvgIpc) is 3.04. The van der Waals surface area contributed by atoms with E-state index in [4.69, 9.17) is 5.11 Å². The zero-order valence-corrected chi connectivity index (χ0v) is 12.2. The van der Waals surface area contributed by atoms with Crippen LogP contribution in [0.2, 0.25) is 0 Å². The van der Waals surface area contributed by atoms with Crippen LogP contribution < -0.4 is 5.32 Å². The number of carbonyl (C=O) groups excluding carboxylic acids is 1. The van der Waals surface area contributed by atoms with Crippen LogP contribution in [0.1, 0.15) is 48.2 Å². The summed E-state index contributed by atoms with van der Waals surface area (Å²) in [7, 11) is 0. The quantitative estimate of drug-likeness (QED) is 0.895. The van der Waals surface area contributed by atoms with Gasteiger partial charge in [0.25, 0.3) is 0 Å². The highest BCUT2D eigenvalue weighted by Gasteiger charge is 2.40. The van der Waals surface area contributed by atoms with Crippen LogP contribution in [0.5, 0.6) is 0 Å². The van der Waals surface area contributed by atoms with Crippen LogP contribution >= 0.6 is 11.5 Å². The number of carboxylic acid groups (broad SMARTS) is 1. The topological polar surface area (TPSA) is 79.3 Å². The molecule has 2 aliphatic carbocycles. The standard InChI is InChI=1S/C14H18N2O3S/c1-7-12(14(18)19)13(20-16-7)15-11(17)6-10-5-8-2-3-9(10)4-8/h8-10H,2-6H2,1H3,(H,15,17)(H,18,19). The first kappa shape index (κ1) is 13.5. The third kappa shape index (κ3) is 2.44. The molecule has 108 valence electrons. The summed E-state index contributed by atoms with van der Waals surface area (Å²) < 4.78 is 4.01. The number of carboxylic acids is 1. The molecule has 2 N–H and O–H groups in total. The predicted molar refractivity (Wildman–Crippen MR) is 76.0 cm³/mol. The largest absolute Gasteiger partial charge is 0.478 e. The second kappa shape index (κ2) is 5.16. The molecule has 0 aliphatic heterocycles. The van der Waals surface area contributed by atoms with E-state index < -0.39 is 5.97 Å². The van der Waals surface area contributed by atoms with E-state index in [1.165, 1.54) is 19.3 Å². The Kier molecular flexibility index (Phi) is 3.50. The molecule has 2 aliphatic rings. The van der Waals surface area contributed by atoms with Crippen LogP contribution in [0.4, 0.5) is 5.00 Å². The Hall–Kier alpha value is -1.43. The summed E-state index contributed by atoms with van der Waals surface area (Å²) in [5.41, 5.74) is 0.578. The van der Waals surface area contributed by atoms with Gasteiger partial charge in [0, 0.05) is 6.42 Å². The van der Waals surface area contributed by atoms with Gasteiger partial charge in [-0.3, -0.25) is 4.79 Å². The van der Waals surface area contributed by atoms with E-state index in [2.05, 4.69) is 9.69 Å². The fourth-order valence-corrected chi connectivity index (χ4v) is 4.55. The van der Waals surface area contributed by atoms with Crippen LogP contribution in [-0.2, 0) is 4.79 Å². The SMILES string of the molecule is Cc1nsc(NC(=O)CC2CC3CCC2C3)c1C(=O)O. The van der Waals surface area contributed by atoms with E-state index in [-0.39, 0.29) is 11.5 Å². The minimum absolute atomic E-state index is 0.0753. The average molecular weight is 294 g/mol. The molecule has 1 aromatic heterocycles. The van der Waals surface area contributed by atoms with E-state index in [1.807, 2.05) is 0 Å². The number of aromatic nitrogens is 1. The highest BCUT2D eigenvalue weighted by atomic mass is 32.1. The number of nitrogens with one attached hydrogen (secondary N) is 1. The number of rotatable bonds is 4. The molecule has 1 aromatic rings. The number of aryl methyl sites for hydroxylation is 1. The van der Waals surface area contributed by atoms with Gasteiger partial charge in [-0.15, -0.1) is 0 Å². The fourth-order valence-electron chi connectivity index (χ4n) is 3.75. The lowest BCUT2D eigenvalue weighted by molar-refractivity contribution is -0.117. The van der Waals surface area contributed by atoms with Crippen LogP contribution in [0.15, 0.2) is 0 Å². The van der Waals surface area contributed by atoms with Crippen molar-refractivity contribution in [3.05, 3.63) is 11.3 Å². The molecule has 3 unspecified atom stereocenters. The number of hydrogen-bond acceptors (Lipinski definition) is 4. The molecular formula is C14H18N2O3S. The van der Waals surface area contributed by atoms with E-state index in [9.17, 15) is 9.59 Å². The molecule has 0 spiro atoms. The lowest BCUT2D eigenvalue weighted by Crippen LogP contribution is -2.20. The second-order valence-corrected chi connectivity index (χ2v) is 6.74. The molecule has 0 radical (unpaired) electrons. The van der Waals surface area contributed by atoms with Gasteiger partial charge in [0.2, 0.25) is 5.91 Å². The van der Waals surface area contributed by atoms with Gasteiger partial charge in [0.1, 0.15) is 10.6 Å². The summed E-state index contributed by atoms with van der Waals surface area (Å²) in [6.45, 7) is 1.64. The van der Waals surface area contributed by atoms with Crippen molar-refractivity contribution in [3.8, 4) is 0 Å². The van der Waals surface area contributed by atoms with Gasteiger partial charge in [-0.25, -0.2) is 4.79 Å². The van der Waals surface area contributed by atoms with E-state index in [1.54, 1.807) is 6.92 Å². The summed E-state index contributed by atoms with van der Waals surface area (Å²) in [4.78, 5) is 23.3. The van der Waals surface area contributed by atoms with E-state index in [0.29, 0.717) is 29.0 Å². The number of amides is 1. The van der Waals surface area contributed by atoms with Gasteiger partial charge in [0.05, 0.1) is 5.69 Å². The molecule has 2 saturated carbocycles. The number of hydrogen-bond donors (Lipinski definition) is 2. The number of nitrogens with zero attached hydrogens (tertiary/aromatic N) is 1. The van der Waals surface area contributed by atoms with Gasteiger partial charge in [0.15, 0.2) is 0 Å². The monoisotopic (exact) mass is 294 g/mol. The molecule has 2 fully saturated rings. The summed E-state index contributed by atoms with van der Waals surface area (Å²) in [6.07, 6.45) is 5.52. The molecule has 20 heavy (non-hydrogen) atoms. The molecule has 2 bridgehead atoms. The minimum atomic E-state index is -1.04. The van der Waals surface area contributed by atoms with Crippen molar-refractivity contribution in [1.82, 2.24) is 4.37 Å². The van der Waals surface area contributed by atoms with Crippen LogP contribution in [0.3, 0.4) is 0 Å². The Labute approximate surface area is 121 Å². The van der Waals surface area contributed by atoms with Gasteiger partial charge in [-0.05, 0) is 55.5 Å². The van der Waals surface area contributed by atoms with Gasteiger partial charge in [-0.1, -0.05) is 6.42 Å². The van der Waals surface area contributed by atoms with Crippen molar-refractivity contribution in [3.63, 3.8) is 0 Å². The molecule has 3 atom stereocenters. The van der Waals surface area contributed by atoms with Crippen molar-refractivity contribution in [2.75, 3.05) is 5.32 Å². The maximum atomic E-state index is 12.1. The smallest absolute Gasteiger partial charge is 0.340 e. The summed E-state index contributed by atoms with van der Waals surface area (Å²) >= 11 is 1.04. The van der Waals surface area contributed by atoms with Crippen molar-refractivity contribution in [2.45, 2.75) is 39.0 Å². The molecule has 6 heteroatoms. The third-order valence-corrected chi connectivity index (χ3v) is 5.52. The van der Waals surface area contributed by atoms with Crippen molar-refractivity contribution in [1.29, 1.82) is 0 Å². The molecular weight excluding hydrogens is 276 g/mol. The zero-order chi connectivity index (χ0) is 14.3. The number of anilines is 1. The summed E-state index contributed by atoms with van der Waals surface area (Å²) in [6, 6.07) is 0. The first-order valence-electron chi connectivity index (χ1n) is 7.04. The van der Waals surface area contributed by atoms with E-state index in [0.717, 1.165) is 23.9 Å². The lowest BCUT2D eigenvalue weighted by Gasteiger charge is -2.20. The molecule has 1 amide bonds. The van der Waals surface area contributed by atoms with Crippen LogP contribution in [0, 0.1) is 24.7 Å². The maximum Gasteiger partial charge on any atom is 0.340 e. The molecule has 5 nitrogen and oxygen atoms in total. The predicted octanol–water partition coefficient (Wildman–Crippen LogP) is 2.91. The Balaban J connectivity index is 1.63. The van der Waals surface area contributed by atoms with Crippen molar-refractivity contribution in [2.24, 2.45) is 17.8 Å². The van der Waals surface area contributed by atoms with Crippen LogP contribution in [0.25, 0.3) is 0 Å². The molecule has 0 saturated heterocycles. The van der Waals surface area contributed by atoms with Gasteiger partial charge < -0.3 is 10.4 Å². The first-order chi connectivity index (χ1) is 9.54. The summed E-state index contributed by atoms with van der Waals surface area (Å²) in [5.74, 6) is 0.891. The normalized spacial score (nSPS) is 27.8. The Morgan fingerprint density at radius 3 is 2.80 bits per heavy atom. The van der Waals surface area contributed by atoms with E-state index >= 15 is 0 Å². The summed E-state index contributed by atoms with van der Waals surface area (Å²) in [5, 5.41) is 12.2. The second-order valence-electron chi connectivity index (χ2n) is 5.96. The number of fused-ring (bicyclic) bond motifs is 2. The zero-order valence-electron chi connectivity index (χ0n) is 11.4. The molecule has 0 aromatic carbocycles. The maximum absolute atomic E-state index is 12.1. The van der Waals surface area contributed by atoms with Crippen molar-refractivity contribution >= 4 is 28.4 Å². The minimum Gasteiger partial charge on any atom is -0.478 e. The molecule has 1 heterocycles. The lowest BCUT2D eigenvalue weighted by atomic mass is 9.86. The Morgan fingerprint density at radius 2 is 2.20 bits per heavy atom. The van der Waals surface area contributed by atoms with Gasteiger partial charge in [-0.2, -0.15) is 4.37 Å². The molecule has 3 rings (SSSR count). The van der Waals surface area contributed by atoms with Crippen LogP contribution in [-0.4, -0.2) is 21.4 Å². The first-order valence-corrected chi connectivity index (χ1v) is 7.81. The van der Waals surface area contributed by atoms with Crippen molar-refractivity contribution < 1.29 is 14.7 Å².